The van der Waals surface area contributed by atoms with Crippen molar-refractivity contribution >= 4 is 33.5 Å². The van der Waals surface area contributed by atoms with E-state index in [9.17, 15) is 9.90 Å². The number of aromatic nitrogens is 6. The Hall–Kier alpha value is -3.50. The second-order valence-electron chi connectivity index (χ2n) is 7.64. The number of aryl methyl sites for hydroxylation is 1. The lowest BCUT2D eigenvalue weighted by Crippen LogP contribution is -2.13. The second kappa shape index (κ2) is 9.03. The summed E-state index contributed by atoms with van der Waals surface area (Å²) in [7, 11) is 0. The van der Waals surface area contributed by atoms with E-state index in [-0.39, 0.29) is 17.4 Å². The van der Waals surface area contributed by atoms with Crippen LogP contribution in [0, 0.1) is 0 Å². The average molecular weight is 542 g/mol. The predicted molar refractivity (Wildman–Crippen MR) is 129 cm³/mol. The lowest BCUT2D eigenvalue weighted by Gasteiger charge is -2.14. The Balaban J connectivity index is 1.78. The van der Waals surface area contributed by atoms with Crippen molar-refractivity contribution < 1.29 is 14.3 Å². The minimum atomic E-state index is -1.13. The number of aromatic amines is 1. The molecule has 1 aliphatic heterocycles. The van der Waals surface area contributed by atoms with Gasteiger partial charge in [0.2, 0.25) is 5.82 Å². The van der Waals surface area contributed by atoms with Gasteiger partial charge in [-0.1, -0.05) is 42.8 Å². The Bertz CT molecular complexity index is 1460. The van der Waals surface area contributed by atoms with E-state index in [1.165, 1.54) is 0 Å². The van der Waals surface area contributed by atoms with Crippen molar-refractivity contribution in [2.75, 3.05) is 0 Å². The summed E-state index contributed by atoms with van der Waals surface area (Å²) in [5.74, 6) is -0.0566. The topological polar surface area (TPSA) is 123 Å². The van der Waals surface area contributed by atoms with Gasteiger partial charge in [-0.05, 0) is 50.3 Å². The first-order valence-corrected chi connectivity index (χ1v) is 11.7. The highest BCUT2D eigenvalue weighted by molar-refractivity contribution is 9.10. The lowest BCUT2D eigenvalue weighted by molar-refractivity contribution is 0.0685. The van der Waals surface area contributed by atoms with Crippen LogP contribution >= 0.6 is 27.5 Å². The molecular formula is C23H18BrClN6O3. The summed E-state index contributed by atoms with van der Waals surface area (Å²) in [6.07, 6.45) is 4.65. The summed E-state index contributed by atoms with van der Waals surface area (Å²) < 4.78 is 7.95. The molecule has 0 fully saturated rings. The fourth-order valence-electron chi connectivity index (χ4n) is 4.23. The van der Waals surface area contributed by atoms with Crippen molar-refractivity contribution in [3.05, 3.63) is 69.6 Å². The van der Waals surface area contributed by atoms with Gasteiger partial charge in [0.15, 0.2) is 10.8 Å². The van der Waals surface area contributed by atoms with Gasteiger partial charge in [0.05, 0.1) is 19.1 Å². The molecule has 2 aliphatic rings. The Kier molecular flexibility index (Phi) is 5.93. The molecule has 5 rings (SSSR count). The third kappa shape index (κ3) is 3.68. The first kappa shape index (κ1) is 22.3. The summed E-state index contributed by atoms with van der Waals surface area (Å²) in [5.41, 5.74) is 5.15. The summed E-state index contributed by atoms with van der Waals surface area (Å²) in [5, 5.41) is 24.4. The number of aromatic carboxylic acids is 1. The molecule has 172 valence electrons. The standard InChI is InChI=1S/C23H18BrClN6O3/c1-2-5-17-26-21(25)20(23(32)33)31(17)10-15-12-8-9-34-11-16(12)19(24)18(15)13-6-3-4-7-14(13)22-27-29-30-28-22/h3-4,6-9,11H,2,5,10H2,1H3,(H,32,33)(H,27,28,29,30). The summed E-state index contributed by atoms with van der Waals surface area (Å²) in [6, 6.07) is 9.58. The number of nitrogens with zero attached hydrogens (tertiary/aromatic N) is 5. The second-order valence-corrected chi connectivity index (χ2v) is 8.79. The minimum absolute atomic E-state index is 0.0189. The largest absolute Gasteiger partial charge is 0.476 e. The predicted octanol–water partition coefficient (Wildman–Crippen LogP) is 5.54. The van der Waals surface area contributed by atoms with Crippen molar-refractivity contribution in [1.29, 1.82) is 0 Å². The SMILES string of the molecule is CCCc1nc(Cl)c(C(=O)O)n1Cc1c2ccocc-2c(Br)c1-c1ccccc1-c1nn[nH]n1. The maximum Gasteiger partial charge on any atom is 0.355 e. The molecule has 3 aromatic rings. The number of carboxylic acid groups (broad SMARTS) is 1. The van der Waals surface area contributed by atoms with Crippen LogP contribution in [0.5, 0.6) is 0 Å². The molecule has 0 radical (unpaired) electrons. The van der Waals surface area contributed by atoms with Crippen LogP contribution in [0.25, 0.3) is 33.6 Å². The maximum absolute atomic E-state index is 12.1. The van der Waals surface area contributed by atoms with E-state index >= 15 is 0 Å². The number of halogens is 2. The van der Waals surface area contributed by atoms with E-state index in [4.69, 9.17) is 16.0 Å². The van der Waals surface area contributed by atoms with Crippen LogP contribution in [0.1, 0.15) is 35.2 Å². The van der Waals surface area contributed by atoms with Gasteiger partial charge in [0.1, 0.15) is 5.82 Å². The third-order valence-corrected chi connectivity index (χ3v) is 6.74. The number of carbonyl (C=O) groups is 1. The zero-order valence-electron chi connectivity index (χ0n) is 17.9. The minimum Gasteiger partial charge on any atom is -0.476 e. The molecule has 0 bridgehead atoms. The van der Waals surface area contributed by atoms with Gasteiger partial charge in [-0.15, -0.1) is 10.2 Å². The fourth-order valence-corrected chi connectivity index (χ4v) is 5.27. The number of rotatable bonds is 7. The molecule has 1 aliphatic carbocycles. The van der Waals surface area contributed by atoms with Crippen LogP contribution in [0.15, 0.2) is 51.7 Å². The molecule has 0 saturated heterocycles. The number of nitrogens with one attached hydrogen (secondary N) is 1. The molecule has 3 heterocycles. The molecule has 2 aromatic heterocycles. The fraction of sp³-hybridized carbons (Fsp3) is 0.174. The van der Waals surface area contributed by atoms with E-state index in [1.807, 2.05) is 37.3 Å². The van der Waals surface area contributed by atoms with E-state index in [1.54, 1.807) is 17.1 Å². The van der Waals surface area contributed by atoms with Crippen molar-refractivity contribution in [2.24, 2.45) is 0 Å². The molecule has 9 nitrogen and oxygen atoms in total. The highest BCUT2D eigenvalue weighted by Crippen LogP contribution is 2.48. The Labute approximate surface area is 207 Å². The van der Waals surface area contributed by atoms with Crippen LogP contribution in [0.3, 0.4) is 0 Å². The Morgan fingerprint density at radius 3 is 2.71 bits per heavy atom. The lowest BCUT2D eigenvalue weighted by atomic mass is 9.97. The van der Waals surface area contributed by atoms with E-state index < -0.39 is 5.97 Å². The van der Waals surface area contributed by atoms with Gasteiger partial charge in [0.25, 0.3) is 0 Å². The number of tetrazole rings is 1. The van der Waals surface area contributed by atoms with Gasteiger partial charge >= 0.3 is 5.97 Å². The number of imidazole rings is 1. The number of carboxylic acids is 1. The van der Waals surface area contributed by atoms with Crippen LogP contribution in [-0.2, 0) is 13.0 Å². The average Bonchev–Trinajstić information content (AvgIpc) is 3.53. The molecule has 0 atom stereocenters. The molecule has 11 heteroatoms. The highest BCUT2D eigenvalue weighted by Gasteiger charge is 2.29. The molecule has 0 unspecified atom stereocenters. The summed E-state index contributed by atoms with van der Waals surface area (Å²) in [4.78, 5) is 16.4. The van der Waals surface area contributed by atoms with Crippen LogP contribution < -0.4 is 0 Å². The molecule has 0 saturated carbocycles. The quantitative estimate of drug-likeness (QED) is 0.277. The molecule has 0 spiro atoms. The van der Waals surface area contributed by atoms with Crippen molar-refractivity contribution in [3.8, 4) is 33.6 Å². The van der Waals surface area contributed by atoms with Gasteiger partial charge in [0, 0.05) is 27.6 Å². The van der Waals surface area contributed by atoms with Crippen LogP contribution in [-0.4, -0.2) is 41.3 Å². The van der Waals surface area contributed by atoms with Crippen LogP contribution in [0.4, 0.5) is 0 Å². The summed E-state index contributed by atoms with van der Waals surface area (Å²) in [6.45, 7) is 2.26. The molecule has 1 aromatic carbocycles. The van der Waals surface area contributed by atoms with Crippen molar-refractivity contribution in [2.45, 2.75) is 26.3 Å². The maximum atomic E-state index is 12.1. The highest BCUT2D eigenvalue weighted by atomic mass is 79.9. The number of fused-ring (bicyclic) bond motifs is 1. The van der Waals surface area contributed by atoms with Crippen molar-refractivity contribution in [1.82, 2.24) is 30.2 Å². The monoisotopic (exact) mass is 540 g/mol. The normalized spacial score (nSPS) is 11.4. The van der Waals surface area contributed by atoms with Gasteiger partial charge in [-0.2, -0.15) is 5.21 Å². The smallest absolute Gasteiger partial charge is 0.355 e. The third-order valence-electron chi connectivity index (χ3n) is 5.65. The number of hydrogen-bond donors (Lipinski definition) is 2. The molecule has 0 amide bonds. The number of hydrogen-bond acceptors (Lipinski definition) is 6. The first-order chi connectivity index (χ1) is 16.5. The van der Waals surface area contributed by atoms with E-state index in [0.29, 0.717) is 18.1 Å². The molecule has 2 N–H and O–H groups in total. The van der Waals surface area contributed by atoms with E-state index in [0.717, 1.165) is 44.3 Å². The van der Waals surface area contributed by atoms with E-state index in [2.05, 4.69) is 41.5 Å². The molecule has 34 heavy (non-hydrogen) atoms. The van der Waals surface area contributed by atoms with Crippen molar-refractivity contribution in [3.63, 3.8) is 0 Å². The Morgan fingerprint density at radius 2 is 2.00 bits per heavy atom. The van der Waals surface area contributed by atoms with Gasteiger partial charge < -0.3 is 14.1 Å². The number of H-pyrrole nitrogens is 1. The van der Waals surface area contributed by atoms with Crippen LogP contribution in [0.2, 0.25) is 5.15 Å². The zero-order valence-corrected chi connectivity index (χ0v) is 20.3. The van der Waals surface area contributed by atoms with Gasteiger partial charge in [-0.25, -0.2) is 9.78 Å². The summed E-state index contributed by atoms with van der Waals surface area (Å²) >= 11 is 10.0. The van der Waals surface area contributed by atoms with Gasteiger partial charge in [-0.3, -0.25) is 0 Å². The first-order valence-electron chi connectivity index (χ1n) is 10.5. The zero-order chi connectivity index (χ0) is 23.8. The Morgan fingerprint density at radius 1 is 1.21 bits per heavy atom. The molecular weight excluding hydrogens is 524 g/mol. The number of benzene rings is 1.